The number of hydrogen-bond donors (Lipinski definition) is 1. The largest absolute Gasteiger partial charge is 0.355 e. The van der Waals surface area contributed by atoms with Crippen molar-refractivity contribution in [2.45, 2.75) is 0 Å². The lowest BCUT2D eigenvalue weighted by Crippen LogP contribution is -1.92. The van der Waals surface area contributed by atoms with E-state index in [9.17, 15) is 8.78 Å². The first-order valence-corrected chi connectivity index (χ1v) is 4.91. The van der Waals surface area contributed by atoms with Gasteiger partial charge in [0.2, 0.25) is 0 Å². The van der Waals surface area contributed by atoms with E-state index in [2.05, 4.69) is 5.32 Å². The fraction of sp³-hybridized carbons (Fsp3) is 0. The Morgan fingerprint density at radius 3 is 2.12 bits per heavy atom. The third-order valence-corrected chi connectivity index (χ3v) is 2.22. The summed E-state index contributed by atoms with van der Waals surface area (Å²) in [6.07, 6.45) is 0. The second-order valence-electron chi connectivity index (χ2n) is 3.44. The number of nitriles is 1. The molecule has 0 saturated heterocycles. The predicted molar refractivity (Wildman–Crippen MR) is 60.8 cm³/mol. The second kappa shape index (κ2) is 4.62. The second-order valence-corrected chi connectivity index (χ2v) is 3.44. The molecule has 17 heavy (non-hydrogen) atoms. The Bertz CT molecular complexity index is 571. The minimum atomic E-state index is -0.899. The molecule has 0 aliphatic carbocycles. The zero-order chi connectivity index (χ0) is 12.3. The molecule has 0 unspecified atom stereocenters. The molecule has 0 radical (unpaired) electrons. The standard InChI is InChI=1S/C13H8F2N2/c14-12-6-5-11(7-13(12)15)17-10-3-1-9(8-16)2-4-10/h1-7,17H. The molecule has 2 aromatic carbocycles. The van der Waals surface area contributed by atoms with Crippen molar-refractivity contribution < 1.29 is 8.78 Å². The maximum Gasteiger partial charge on any atom is 0.160 e. The van der Waals surface area contributed by atoms with Crippen molar-refractivity contribution in [2.75, 3.05) is 5.32 Å². The Labute approximate surface area is 97.1 Å². The Kier molecular flexibility index (Phi) is 3.01. The monoisotopic (exact) mass is 230 g/mol. The van der Waals surface area contributed by atoms with E-state index in [0.717, 1.165) is 12.1 Å². The van der Waals surface area contributed by atoms with Crippen molar-refractivity contribution in [3.63, 3.8) is 0 Å². The molecule has 4 heteroatoms. The number of nitrogens with one attached hydrogen (secondary N) is 1. The highest BCUT2D eigenvalue weighted by Gasteiger charge is 2.02. The van der Waals surface area contributed by atoms with Gasteiger partial charge in [0.05, 0.1) is 11.6 Å². The molecular weight excluding hydrogens is 222 g/mol. The van der Waals surface area contributed by atoms with Crippen LogP contribution >= 0.6 is 0 Å². The average Bonchev–Trinajstić information content (AvgIpc) is 2.35. The van der Waals surface area contributed by atoms with Crippen LogP contribution in [0.15, 0.2) is 42.5 Å². The van der Waals surface area contributed by atoms with Gasteiger partial charge < -0.3 is 5.32 Å². The van der Waals surface area contributed by atoms with E-state index in [-0.39, 0.29) is 0 Å². The minimum Gasteiger partial charge on any atom is -0.355 e. The molecule has 0 atom stereocenters. The maximum absolute atomic E-state index is 12.9. The quantitative estimate of drug-likeness (QED) is 0.855. The van der Waals surface area contributed by atoms with Crippen molar-refractivity contribution in [2.24, 2.45) is 0 Å². The zero-order valence-electron chi connectivity index (χ0n) is 8.74. The van der Waals surface area contributed by atoms with Crippen LogP contribution in [-0.2, 0) is 0 Å². The maximum atomic E-state index is 12.9. The SMILES string of the molecule is N#Cc1ccc(Nc2ccc(F)c(F)c2)cc1. The highest BCUT2D eigenvalue weighted by atomic mass is 19.2. The van der Waals surface area contributed by atoms with E-state index in [1.165, 1.54) is 6.07 Å². The molecule has 0 aliphatic rings. The predicted octanol–water partition coefficient (Wildman–Crippen LogP) is 3.58. The van der Waals surface area contributed by atoms with Gasteiger partial charge in [-0.15, -0.1) is 0 Å². The summed E-state index contributed by atoms with van der Waals surface area (Å²) >= 11 is 0. The van der Waals surface area contributed by atoms with Gasteiger partial charge >= 0.3 is 0 Å². The van der Waals surface area contributed by atoms with Crippen molar-refractivity contribution in [3.05, 3.63) is 59.7 Å². The first-order chi connectivity index (χ1) is 8.19. The molecule has 0 aromatic heterocycles. The van der Waals surface area contributed by atoms with Crippen LogP contribution < -0.4 is 5.32 Å². The first kappa shape index (κ1) is 11.1. The van der Waals surface area contributed by atoms with Gasteiger partial charge in [0.15, 0.2) is 11.6 Å². The molecule has 1 N–H and O–H groups in total. The number of halogens is 2. The van der Waals surface area contributed by atoms with Gasteiger partial charge in [-0.2, -0.15) is 5.26 Å². The van der Waals surface area contributed by atoms with Crippen molar-refractivity contribution >= 4 is 11.4 Å². The number of rotatable bonds is 2. The Balaban J connectivity index is 2.20. The first-order valence-electron chi connectivity index (χ1n) is 4.91. The molecule has 84 valence electrons. The molecule has 0 spiro atoms. The number of anilines is 2. The number of hydrogen-bond acceptors (Lipinski definition) is 2. The van der Waals surface area contributed by atoms with Gasteiger partial charge in [-0.25, -0.2) is 8.78 Å². The fourth-order valence-electron chi connectivity index (χ4n) is 1.37. The molecule has 2 rings (SSSR count). The normalized spacial score (nSPS) is 9.71. The van der Waals surface area contributed by atoms with Crippen molar-refractivity contribution in [3.8, 4) is 6.07 Å². The molecule has 2 nitrogen and oxygen atoms in total. The van der Waals surface area contributed by atoms with E-state index in [0.29, 0.717) is 16.9 Å². The summed E-state index contributed by atoms with van der Waals surface area (Å²) in [5.41, 5.74) is 1.70. The number of benzene rings is 2. The topological polar surface area (TPSA) is 35.8 Å². The molecule has 0 amide bonds. The van der Waals surface area contributed by atoms with Crippen LogP contribution in [0.2, 0.25) is 0 Å². The molecule has 0 aliphatic heterocycles. The molecule has 0 bridgehead atoms. The summed E-state index contributed by atoms with van der Waals surface area (Å²) in [5, 5.41) is 11.5. The van der Waals surface area contributed by atoms with E-state index in [4.69, 9.17) is 5.26 Å². The van der Waals surface area contributed by atoms with Crippen LogP contribution in [0.5, 0.6) is 0 Å². The van der Waals surface area contributed by atoms with Crippen LogP contribution in [-0.4, -0.2) is 0 Å². The summed E-state index contributed by atoms with van der Waals surface area (Å²) < 4.78 is 25.6. The molecule has 0 heterocycles. The lowest BCUT2D eigenvalue weighted by atomic mass is 10.2. The minimum absolute atomic E-state index is 0.452. The Morgan fingerprint density at radius 2 is 1.53 bits per heavy atom. The third kappa shape index (κ3) is 2.58. The van der Waals surface area contributed by atoms with E-state index >= 15 is 0 Å². The van der Waals surface area contributed by atoms with Crippen molar-refractivity contribution in [1.29, 1.82) is 5.26 Å². The Hall–Kier alpha value is -2.41. The summed E-state index contributed by atoms with van der Waals surface area (Å²) in [5.74, 6) is -1.78. The third-order valence-electron chi connectivity index (χ3n) is 2.22. The van der Waals surface area contributed by atoms with Gasteiger partial charge in [0.25, 0.3) is 0 Å². The van der Waals surface area contributed by atoms with Crippen LogP contribution in [0.4, 0.5) is 20.2 Å². The average molecular weight is 230 g/mol. The zero-order valence-corrected chi connectivity index (χ0v) is 8.74. The smallest absolute Gasteiger partial charge is 0.160 e. The lowest BCUT2D eigenvalue weighted by molar-refractivity contribution is 0.509. The lowest BCUT2D eigenvalue weighted by Gasteiger charge is -2.06. The molecule has 0 fully saturated rings. The van der Waals surface area contributed by atoms with Gasteiger partial charge in [-0.3, -0.25) is 0 Å². The van der Waals surface area contributed by atoms with Crippen LogP contribution in [0.1, 0.15) is 5.56 Å². The molecule has 2 aromatic rings. The highest BCUT2D eigenvalue weighted by molar-refractivity contribution is 5.60. The van der Waals surface area contributed by atoms with Crippen LogP contribution in [0, 0.1) is 23.0 Å². The summed E-state index contributed by atoms with van der Waals surface area (Å²) in [6.45, 7) is 0. The fourth-order valence-corrected chi connectivity index (χ4v) is 1.37. The van der Waals surface area contributed by atoms with Gasteiger partial charge in [0.1, 0.15) is 0 Å². The van der Waals surface area contributed by atoms with Crippen LogP contribution in [0.3, 0.4) is 0 Å². The van der Waals surface area contributed by atoms with Gasteiger partial charge in [0, 0.05) is 17.4 Å². The van der Waals surface area contributed by atoms with Gasteiger partial charge in [-0.05, 0) is 36.4 Å². The molecule has 0 saturated carbocycles. The van der Waals surface area contributed by atoms with E-state index in [1.54, 1.807) is 24.3 Å². The summed E-state index contributed by atoms with van der Waals surface area (Å²) in [6, 6.07) is 12.2. The molecular formula is C13H8F2N2. The van der Waals surface area contributed by atoms with E-state index < -0.39 is 11.6 Å². The van der Waals surface area contributed by atoms with Crippen LogP contribution in [0.25, 0.3) is 0 Å². The van der Waals surface area contributed by atoms with Crippen molar-refractivity contribution in [1.82, 2.24) is 0 Å². The highest BCUT2D eigenvalue weighted by Crippen LogP contribution is 2.19. The Morgan fingerprint density at radius 1 is 0.882 bits per heavy atom. The summed E-state index contributed by atoms with van der Waals surface area (Å²) in [7, 11) is 0. The van der Waals surface area contributed by atoms with Gasteiger partial charge in [-0.1, -0.05) is 0 Å². The van der Waals surface area contributed by atoms with E-state index in [1.807, 2.05) is 6.07 Å². The number of nitrogens with zero attached hydrogens (tertiary/aromatic N) is 1. The summed E-state index contributed by atoms with van der Waals surface area (Å²) in [4.78, 5) is 0.